The highest BCUT2D eigenvalue weighted by atomic mass is 32.1. The Labute approximate surface area is 86.0 Å². The van der Waals surface area contributed by atoms with Crippen molar-refractivity contribution in [2.45, 2.75) is 39.0 Å². The zero-order valence-electron chi connectivity index (χ0n) is 8.34. The minimum atomic E-state index is 0.563. The van der Waals surface area contributed by atoms with Crippen LogP contribution in [-0.4, -0.2) is 18.3 Å². The Balaban J connectivity index is 2.06. The van der Waals surface area contributed by atoms with Crippen LogP contribution < -0.4 is 5.32 Å². The maximum atomic E-state index is 5.15. The van der Waals surface area contributed by atoms with E-state index in [0.29, 0.717) is 11.8 Å². The third kappa shape index (κ3) is 4.46. The molecule has 0 aromatic carbocycles. The molecule has 1 saturated carbocycles. The third-order valence-corrected chi connectivity index (χ3v) is 2.80. The van der Waals surface area contributed by atoms with Crippen LogP contribution in [0.4, 0.5) is 0 Å². The molecular weight excluding hydrogens is 182 g/mol. The van der Waals surface area contributed by atoms with E-state index < -0.39 is 0 Å². The molecule has 0 atom stereocenters. The van der Waals surface area contributed by atoms with Crippen LogP contribution in [0.2, 0.25) is 0 Å². The molecule has 13 heavy (non-hydrogen) atoms. The van der Waals surface area contributed by atoms with Crippen LogP contribution >= 0.6 is 12.2 Å². The summed E-state index contributed by atoms with van der Waals surface area (Å²) in [5, 5.41) is 3.73. The summed E-state index contributed by atoms with van der Waals surface area (Å²) in [4.78, 5) is 0. The SMILES string of the molecule is CCOC(=S)NCC1CCCCC1. The molecule has 0 amide bonds. The number of nitrogens with one attached hydrogen (secondary N) is 1. The van der Waals surface area contributed by atoms with Crippen LogP contribution in [0.15, 0.2) is 0 Å². The van der Waals surface area contributed by atoms with E-state index in [0.717, 1.165) is 12.5 Å². The van der Waals surface area contributed by atoms with Crippen LogP contribution in [0.3, 0.4) is 0 Å². The van der Waals surface area contributed by atoms with E-state index in [4.69, 9.17) is 17.0 Å². The van der Waals surface area contributed by atoms with Gasteiger partial charge in [0, 0.05) is 6.54 Å². The van der Waals surface area contributed by atoms with Crippen molar-refractivity contribution in [1.29, 1.82) is 0 Å². The standard InChI is InChI=1S/C10H19NOS/c1-2-12-10(13)11-8-9-6-4-3-5-7-9/h9H,2-8H2,1H3,(H,11,13). The van der Waals surface area contributed by atoms with E-state index in [2.05, 4.69) is 5.32 Å². The summed E-state index contributed by atoms with van der Waals surface area (Å²) < 4.78 is 5.15. The van der Waals surface area contributed by atoms with Crippen molar-refractivity contribution in [3.05, 3.63) is 0 Å². The average Bonchev–Trinajstić information content (AvgIpc) is 2.17. The molecule has 0 saturated heterocycles. The molecule has 1 N–H and O–H groups in total. The van der Waals surface area contributed by atoms with Crippen molar-refractivity contribution in [1.82, 2.24) is 5.32 Å². The summed E-state index contributed by atoms with van der Waals surface area (Å²) in [6, 6.07) is 0. The second-order valence-corrected chi connectivity index (χ2v) is 3.98. The molecule has 0 heterocycles. The molecule has 0 radical (unpaired) electrons. The van der Waals surface area contributed by atoms with Gasteiger partial charge in [0.2, 0.25) is 0 Å². The normalized spacial score (nSPS) is 18.2. The van der Waals surface area contributed by atoms with Gasteiger partial charge < -0.3 is 10.1 Å². The maximum absolute atomic E-state index is 5.15. The Bertz CT molecular complexity index is 155. The molecule has 76 valence electrons. The van der Waals surface area contributed by atoms with Gasteiger partial charge >= 0.3 is 0 Å². The third-order valence-electron chi connectivity index (χ3n) is 2.54. The van der Waals surface area contributed by atoms with Crippen molar-refractivity contribution in [2.24, 2.45) is 5.92 Å². The quantitative estimate of drug-likeness (QED) is 0.709. The number of rotatable bonds is 3. The molecule has 0 spiro atoms. The Hall–Kier alpha value is -0.310. The van der Waals surface area contributed by atoms with Gasteiger partial charge in [-0.1, -0.05) is 19.3 Å². The predicted octanol–water partition coefficient (Wildman–Crippen LogP) is 2.48. The fraction of sp³-hybridized carbons (Fsp3) is 0.900. The topological polar surface area (TPSA) is 21.3 Å². The van der Waals surface area contributed by atoms with Crippen molar-refractivity contribution in [2.75, 3.05) is 13.2 Å². The molecule has 0 aromatic rings. The lowest BCUT2D eigenvalue weighted by molar-refractivity contribution is 0.304. The first-order chi connectivity index (χ1) is 6.33. The first kappa shape index (κ1) is 10.8. The minimum absolute atomic E-state index is 0.563. The average molecular weight is 201 g/mol. The molecule has 0 unspecified atom stereocenters. The van der Waals surface area contributed by atoms with Gasteiger partial charge in [-0.05, 0) is 37.9 Å². The molecular formula is C10H19NOS. The van der Waals surface area contributed by atoms with Crippen LogP contribution in [0, 0.1) is 5.92 Å². The zero-order chi connectivity index (χ0) is 9.52. The Kier molecular flexibility index (Phi) is 5.13. The second kappa shape index (κ2) is 6.19. The van der Waals surface area contributed by atoms with Crippen molar-refractivity contribution < 1.29 is 4.74 Å². The van der Waals surface area contributed by atoms with Gasteiger partial charge in [-0.15, -0.1) is 0 Å². The van der Waals surface area contributed by atoms with Crippen molar-refractivity contribution in [3.8, 4) is 0 Å². The summed E-state index contributed by atoms with van der Waals surface area (Å²) >= 11 is 4.99. The highest BCUT2D eigenvalue weighted by molar-refractivity contribution is 7.80. The fourth-order valence-corrected chi connectivity index (χ4v) is 2.00. The highest BCUT2D eigenvalue weighted by Gasteiger charge is 2.13. The molecule has 1 aliphatic rings. The van der Waals surface area contributed by atoms with E-state index >= 15 is 0 Å². The van der Waals surface area contributed by atoms with Gasteiger partial charge in [-0.2, -0.15) is 0 Å². The summed E-state index contributed by atoms with van der Waals surface area (Å²) in [5.41, 5.74) is 0. The first-order valence-corrected chi connectivity index (χ1v) is 5.64. The molecule has 0 aromatic heterocycles. The summed E-state index contributed by atoms with van der Waals surface area (Å²) in [6.45, 7) is 3.62. The van der Waals surface area contributed by atoms with Gasteiger partial charge in [0.15, 0.2) is 0 Å². The minimum Gasteiger partial charge on any atom is -0.471 e. The maximum Gasteiger partial charge on any atom is 0.256 e. The lowest BCUT2D eigenvalue weighted by atomic mass is 9.89. The zero-order valence-corrected chi connectivity index (χ0v) is 9.16. The van der Waals surface area contributed by atoms with E-state index in [1.54, 1.807) is 0 Å². The van der Waals surface area contributed by atoms with Gasteiger partial charge in [-0.3, -0.25) is 0 Å². The van der Waals surface area contributed by atoms with Crippen molar-refractivity contribution in [3.63, 3.8) is 0 Å². The molecule has 1 fully saturated rings. The monoisotopic (exact) mass is 201 g/mol. The summed E-state index contributed by atoms with van der Waals surface area (Å²) in [5.74, 6) is 0.812. The molecule has 3 heteroatoms. The smallest absolute Gasteiger partial charge is 0.256 e. The number of hydrogen-bond acceptors (Lipinski definition) is 2. The van der Waals surface area contributed by atoms with E-state index in [-0.39, 0.29) is 0 Å². The van der Waals surface area contributed by atoms with Gasteiger partial charge in [0.25, 0.3) is 5.17 Å². The highest BCUT2D eigenvalue weighted by Crippen LogP contribution is 2.22. The molecule has 0 bridgehead atoms. The largest absolute Gasteiger partial charge is 0.471 e. The molecule has 1 aliphatic carbocycles. The van der Waals surface area contributed by atoms with E-state index in [9.17, 15) is 0 Å². The summed E-state index contributed by atoms with van der Waals surface area (Å²) in [7, 11) is 0. The van der Waals surface area contributed by atoms with Crippen LogP contribution in [0.1, 0.15) is 39.0 Å². The number of hydrogen-bond donors (Lipinski definition) is 1. The Morgan fingerprint density at radius 2 is 2.08 bits per heavy atom. The lowest BCUT2D eigenvalue weighted by Crippen LogP contribution is -2.30. The van der Waals surface area contributed by atoms with Crippen molar-refractivity contribution >= 4 is 17.4 Å². The van der Waals surface area contributed by atoms with Gasteiger partial charge in [0.05, 0.1) is 6.61 Å². The van der Waals surface area contributed by atoms with Crippen LogP contribution in [0.5, 0.6) is 0 Å². The fourth-order valence-electron chi connectivity index (χ4n) is 1.80. The predicted molar refractivity (Wildman–Crippen MR) is 58.8 cm³/mol. The van der Waals surface area contributed by atoms with Crippen LogP contribution in [-0.2, 0) is 4.74 Å². The van der Waals surface area contributed by atoms with E-state index in [1.165, 1.54) is 32.1 Å². The first-order valence-electron chi connectivity index (χ1n) is 5.23. The Morgan fingerprint density at radius 1 is 1.38 bits per heavy atom. The van der Waals surface area contributed by atoms with Gasteiger partial charge in [0.1, 0.15) is 0 Å². The van der Waals surface area contributed by atoms with Gasteiger partial charge in [-0.25, -0.2) is 0 Å². The Morgan fingerprint density at radius 3 is 2.69 bits per heavy atom. The number of thiocarbonyl (C=S) groups is 1. The lowest BCUT2D eigenvalue weighted by Gasteiger charge is -2.22. The number of ether oxygens (including phenoxy) is 1. The van der Waals surface area contributed by atoms with E-state index in [1.807, 2.05) is 6.92 Å². The molecule has 1 rings (SSSR count). The molecule has 2 nitrogen and oxygen atoms in total. The molecule has 0 aliphatic heterocycles. The van der Waals surface area contributed by atoms with Crippen LogP contribution in [0.25, 0.3) is 0 Å². The summed E-state index contributed by atoms with van der Waals surface area (Å²) in [6.07, 6.45) is 6.87. The second-order valence-electron chi connectivity index (χ2n) is 3.61.